The third kappa shape index (κ3) is 2.58. The number of fused-ring (bicyclic) bond motifs is 1. The highest BCUT2D eigenvalue weighted by Crippen LogP contribution is 2.34. The number of hydrogen-bond acceptors (Lipinski definition) is 5. The van der Waals surface area contributed by atoms with Gasteiger partial charge in [0, 0.05) is 31.2 Å². The van der Waals surface area contributed by atoms with E-state index < -0.39 is 0 Å². The molecule has 0 bridgehead atoms. The van der Waals surface area contributed by atoms with Gasteiger partial charge in [-0.1, -0.05) is 6.07 Å². The Morgan fingerprint density at radius 1 is 1.39 bits per heavy atom. The summed E-state index contributed by atoms with van der Waals surface area (Å²) in [7, 11) is 0. The van der Waals surface area contributed by atoms with Crippen LogP contribution in [0.2, 0.25) is 0 Å². The molecule has 0 saturated heterocycles. The topological polar surface area (TPSA) is 75.9 Å². The molecular weight excluding hydrogens is 292 g/mol. The van der Waals surface area contributed by atoms with Crippen LogP contribution in [0.4, 0.5) is 5.95 Å². The molecule has 0 saturated carbocycles. The first-order valence-corrected chi connectivity index (χ1v) is 7.73. The van der Waals surface area contributed by atoms with Gasteiger partial charge in [0.25, 0.3) is 5.91 Å². The molecule has 7 heteroatoms. The molecule has 0 fully saturated rings. The van der Waals surface area contributed by atoms with E-state index in [-0.39, 0.29) is 11.9 Å². The number of aromatic nitrogens is 4. The highest BCUT2D eigenvalue weighted by molar-refractivity contribution is 5.96. The summed E-state index contributed by atoms with van der Waals surface area (Å²) >= 11 is 0. The standard InChI is InChI=1S/C16H20N6O/c1-4-21(5-2)15(23)13-11(3)20-16-18-10-19-22(16)14(13)12-7-6-8-17-9-12/h6-10,14H,4-5H2,1-3H3,(H,18,19,20). The van der Waals surface area contributed by atoms with Gasteiger partial charge in [-0.05, 0) is 32.4 Å². The SMILES string of the molecule is CCN(CC)C(=O)C1=C(C)Nc2ncnn2C1c1cccnc1. The van der Waals surface area contributed by atoms with E-state index in [0.29, 0.717) is 24.6 Å². The molecule has 7 nitrogen and oxygen atoms in total. The Hall–Kier alpha value is -2.70. The van der Waals surface area contributed by atoms with Gasteiger partial charge in [-0.2, -0.15) is 10.1 Å². The van der Waals surface area contributed by atoms with E-state index in [2.05, 4.69) is 20.4 Å². The molecule has 1 aliphatic heterocycles. The van der Waals surface area contributed by atoms with Gasteiger partial charge >= 0.3 is 0 Å². The van der Waals surface area contributed by atoms with Gasteiger partial charge < -0.3 is 10.2 Å². The van der Waals surface area contributed by atoms with E-state index in [1.165, 1.54) is 6.33 Å². The molecule has 1 N–H and O–H groups in total. The average Bonchev–Trinajstić information content (AvgIpc) is 3.03. The predicted molar refractivity (Wildman–Crippen MR) is 86.6 cm³/mol. The monoisotopic (exact) mass is 312 g/mol. The van der Waals surface area contributed by atoms with Crippen LogP contribution in [0.1, 0.15) is 32.4 Å². The van der Waals surface area contributed by atoms with Crippen LogP contribution in [0.25, 0.3) is 0 Å². The Morgan fingerprint density at radius 3 is 2.83 bits per heavy atom. The summed E-state index contributed by atoms with van der Waals surface area (Å²) in [5, 5.41) is 7.48. The quantitative estimate of drug-likeness (QED) is 0.932. The minimum Gasteiger partial charge on any atom is -0.339 e. The van der Waals surface area contributed by atoms with Gasteiger partial charge in [-0.25, -0.2) is 4.68 Å². The lowest BCUT2D eigenvalue weighted by molar-refractivity contribution is -0.127. The summed E-state index contributed by atoms with van der Waals surface area (Å²) in [6.45, 7) is 7.19. The van der Waals surface area contributed by atoms with Crippen LogP contribution in [0.3, 0.4) is 0 Å². The minimum absolute atomic E-state index is 0.00926. The molecule has 1 atom stereocenters. The fourth-order valence-electron chi connectivity index (χ4n) is 2.89. The fraction of sp³-hybridized carbons (Fsp3) is 0.375. The first-order valence-electron chi connectivity index (χ1n) is 7.73. The molecule has 1 aliphatic rings. The lowest BCUT2D eigenvalue weighted by atomic mass is 9.96. The highest BCUT2D eigenvalue weighted by Gasteiger charge is 2.34. The number of likely N-dealkylation sites (N-methyl/N-ethyl adjacent to an activating group) is 1. The van der Waals surface area contributed by atoms with Crippen molar-refractivity contribution in [1.29, 1.82) is 0 Å². The van der Waals surface area contributed by atoms with Crippen molar-refractivity contribution < 1.29 is 4.79 Å². The zero-order valence-electron chi connectivity index (χ0n) is 13.5. The van der Waals surface area contributed by atoms with Gasteiger partial charge in [0.15, 0.2) is 0 Å². The number of hydrogen-bond donors (Lipinski definition) is 1. The molecule has 120 valence electrons. The molecule has 23 heavy (non-hydrogen) atoms. The predicted octanol–water partition coefficient (Wildman–Crippen LogP) is 1.83. The number of rotatable bonds is 4. The van der Waals surface area contributed by atoms with Crippen LogP contribution >= 0.6 is 0 Å². The Kier molecular flexibility index (Phi) is 4.10. The number of nitrogens with one attached hydrogen (secondary N) is 1. The third-order valence-electron chi connectivity index (χ3n) is 4.08. The van der Waals surface area contributed by atoms with E-state index in [4.69, 9.17) is 0 Å². The van der Waals surface area contributed by atoms with E-state index in [1.807, 2.05) is 37.8 Å². The van der Waals surface area contributed by atoms with Gasteiger partial charge in [-0.15, -0.1) is 0 Å². The van der Waals surface area contributed by atoms with Gasteiger partial charge in [0.2, 0.25) is 5.95 Å². The van der Waals surface area contributed by atoms with Crippen molar-refractivity contribution in [1.82, 2.24) is 24.6 Å². The zero-order chi connectivity index (χ0) is 16.4. The van der Waals surface area contributed by atoms with Crippen molar-refractivity contribution in [2.45, 2.75) is 26.8 Å². The Labute approximate surface area is 135 Å². The van der Waals surface area contributed by atoms with Crippen LogP contribution in [0.15, 0.2) is 42.1 Å². The maximum absolute atomic E-state index is 13.0. The summed E-state index contributed by atoms with van der Waals surface area (Å²) in [6, 6.07) is 3.50. The van der Waals surface area contributed by atoms with E-state index in [1.54, 1.807) is 17.1 Å². The first kappa shape index (κ1) is 15.2. The average molecular weight is 312 g/mol. The van der Waals surface area contributed by atoms with Crippen molar-refractivity contribution in [3.8, 4) is 0 Å². The van der Waals surface area contributed by atoms with Crippen molar-refractivity contribution in [3.05, 3.63) is 47.7 Å². The Morgan fingerprint density at radius 2 is 2.17 bits per heavy atom. The van der Waals surface area contributed by atoms with Crippen molar-refractivity contribution in [3.63, 3.8) is 0 Å². The van der Waals surface area contributed by atoms with Gasteiger partial charge in [0.05, 0.1) is 5.57 Å². The second-order valence-corrected chi connectivity index (χ2v) is 5.36. The van der Waals surface area contributed by atoms with Crippen LogP contribution in [0.5, 0.6) is 0 Å². The minimum atomic E-state index is -0.324. The first-order chi connectivity index (χ1) is 11.2. The summed E-state index contributed by atoms with van der Waals surface area (Å²) in [4.78, 5) is 23.3. The maximum atomic E-state index is 13.0. The Balaban J connectivity index is 2.13. The van der Waals surface area contributed by atoms with E-state index >= 15 is 0 Å². The molecule has 2 aromatic heterocycles. The number of anilines is 1. The number of pyridine rings is 1. The second-order valence-electron chi connectivity index (χ2n) is 5.36. The normalized spacial score (nSPS) is 16.7. The molecular formula is C16H20N6O. The third-order valence-corrected chi connectivity index (χ3v) is 4.08. The second kappa shape index (κ2) is 6.20. The summed E-state index contributed by atoms with van der Waals surface area (Å²) in [5.41, 5.74) is 2.39. The maximum Gasteiger partial charge on any atom is 0.254 e. The van der Waals surface area contributed by atoms with Gasteiger partial charge in [-0.3, -0.25) is 9.78 Å². The highest BCUT2D eigenvalue weighted by atomic mass is 16.2. The number of nitrogens with zero attached hydrogens (tertiary/aromatic N) is 5. The molecule has 1 unspecified atom stereocenters. The molecule has 3 heterocycles. The summed E-state index contributed by atoms with van der Waals surface area (Å²) in [5.74, 6) is 0.641. The zero-order valence-corrected chi connectivity index (χ0v) is 13.5. The molecule has 0 aromatic carbocycles. The summed E-state index contributed by atoms with van der Waals surface area (Å²) < 4.78 is 1.74. The molecule has 0 radical (unpaired) electrons. The number of carbonyl (C=O) groups excluding carboxylic acids is 1. The Bertz CT molecular complexity index is 732. The fourth-order valence-corrected chi connectivity index (χ4v) is 2.89. The molecule has 0 spiro atoms. The number of carbonyl (C=O) groups is 1. The van der Waals surface area contributed by atoms with Crippen molar-refractivity contribution in [2.75, 3.05) is 18.4 Å². The van der Waals surface area contributed by atoms with Crippen molar-refractivity contribution in [2.24, 2.45) is 0 Å². The molecule has 0 aliphatic carbocycles. The molecule has 1 amide bonds. The number of allylic oxidation sites excluding steroid dienone is 1. The van der Waals surface area contributed by atoms with Crippen molar-refractivity contribution >= 4 is 11.9 Å². The molecule has 3 rings (SSSR count). The van der Waals surface area contributed by atoms with Crippen LogP contribution in [-0.2, 0) is 4.79 Å². The lowest BCUT2D eigenvalue weighted by Crippen LogP contribution is -2.38. The van der Waals surface area contributed by atoms with E-state index in [9.17, 15) is 4.79 Å². The van der Waals surface area contributed by atoms with E-state index in [0.717, 1.165) is 11.3 Å². The number of amides is 1. The van der Waals surface area contributed by atoms with Crippen LogP contribution < -0.4 is 5.32 Å². The largest absolute Gasteiger partial charge is 0.339 e. The van der Waals surface area contributed by atoms with Crippen LogP contribution in [-0.4, -0.2) is 43.6 Å². The van der Waals surface area contributed by atoms with Crippen LogP contribution in [0, 0.1) is 0 Å². The lowest BCUT2D eigenvalue weighted by Gasteiger charge is -2.31. The smallest absolute Gasteiger partial charge is 0.254 e. The summed E-state index contributed by atoms with van der Waals surface area (Å²) in [6.07, 6.45) is 4.98. The van der Waals surface area contributed by atoms with Gasteiger partial charge in [0.1, 0.15) is 12.4 Å². The molecule has 2 aromatic rings.